The highest BCUT2D eigenvalue weighted by Crippen LogP contribution is 2.25. The van der Waals surface area contributed by atoms with Crippen LogP contribution in [0.2, 0.25) is 0 Å². The van der Waals surface area contributed by atoms with E-state index in [9.17, 15) is 5.11 Å². The van der Waals surface area contributed by atoms with Gasteiger partial charge in [0.2, 0.25) is 0 Å². The van der Waals surface area contributed by atoms with Crippen molar-refractivity contribution in [2.75, 3.05) is 7.11 Å². The van der Waals surface area contributed by atoms with Gasteiger partial charge in [-0.25, -0.2) is 0 Å². The van der Waals surface area contributed by atoms with Gasteiger partial charge >= 0.3 is 0 Å². The highest BCUT2D eigenvalue weighted by Gasteiger charge is 2.13. The first-order chi connectivity index (χ1) is 7.83. The Labute approximate surface area is 103 Å². The fourth-order valence-corrected chi connectivity index (χ4v) is 1.47. The van der Waals surface area contributed by atoms with E-state index in [0.717, 1.165) is 16.9 Å². The SMILES string of the molecule is COc1ccc(C(C)O)cc1COC(C)(C)C. The Balaban J connectivity index is 2.90. The van der Waals surface area contributed by atoms with Gasteiger partial charge in [0.1, 0.15) is 5.75 Å². The van der Waals surface area contributed by atoms with Crippen LogP contribution in [-0.2, 0) is 11.3 Å². The topological polar surface area (TPSA) is 38.7 Å². The van der Waals surface area contributed by atoms with Crippen LogP contribution in [0.15, 0.2) is 18.2 Å². The minimum absolute atomic E-state index is 0.189. The van der Waals surface area contributed by atoms with E-state index in [4.69, 9.17) is 9.47 Å². The minimum atomic E-state index is -0.478. The summed E-state index contributed by atoms with van der Waals surface area (Å²) in [4.78, 5) is 0. The maximum absolute atomic E-state index is 9.56. The molecular weight excluding hydrogens is 216 g/mol. The molecule has 1 aromatic carbocycles. The zero-order valence-corrected chi connectivity index (χ0v) is 11.3. The molecule has 3 nitrogen and oxygen atoms in total. The number of rotatable bonds is 4. The Morgan fingerprint density at radius 1 is 1.29 bits per heavy atom. The number of aliphatic hydroxyl groups excluding tert-OH is 1. The van der Waals surface area contributed by atoms with Crippen molar-refractivity contribution in [3.8, 4) is 5.75 Å². The second-order valence-electron chi connectivity index (χ2n) is 5.15. The third kappa shape index (κ3) is 4.36. The fraction of sp³-hybridized carbons (Fsp3) is 0.571. The van der Waals surface area contributed by atoms with Crippen LogP contribution in [0.1, 0.15) is 44.9 Å². The molecule has 1 rings (SSSR count). The zero-order chi connectivity index (χ0) is 13.1. The molecule has 96 valence electrons. The van der Waals surface area contributed by atoms with E-state index in [-0.39, 0.29) is 5.60 Å². The van der Waals surface area contributed by atoms with Crippen molar-refractivity contribution in [2.45, 2.75) is 46.0 Å². The monoisotopic (exact) mass is 238 g/mol. The van der Waals surface area contributed by atoms with Gasteiger partial charge in [0.25, 0.3) is 0 Å². The molecule has 1 atom stereocenters. The van der Waals surface area contributed by atoms with Crippen LogP contribution in [0.25, 0.3) is 0 Å². The Hall–Kier alpha value is -1.06. The summed E-state index contributed by atoms with van der Waals surface area (Å²) in [5, 5.41) is 9.56. The molecule has 0 amide bonds. The number of aliphatic hydroxyl groups is 1. The van der Waals surface area contributed by atoms with Crippen LogP contribution in [-0.4, -0.2) is 17.8 Å². The number of benzene rings is 1. The predicted molar refractivity (Wildman–Crippen MR) is 68.2 cm³/mol. The molecule has 1 aromatic rings. The molecule has 0 aliphatic carbocycles. The molecule has 0 saturated heterocycles. The van der Waals surface area contributed by atoms with Gasteiger partial charge < -0.3 is 14.6 Å². The summed E-state index contributed by atoms with van der Waals surface area (Å²) >= 11 is 0. The zero-order valence-electron chi connectivity index (χ0n) is 11.3. The highest BCUT2D eigenvalue weighted by molar-refractivity contribution is 5.37. The smallest absolute Gasteiger partial charge is 0.124 e. The summed E-state index contributed by atoms with van der Waals surface area (Å²) in [6.45, 7) is 8.26. The molecule has 1 N–H and O–H groups in total. The van der Waals surface area contributed by atoms with Gasteiger partial charge in [-0.05, 0) is 45.4 Å². The van der Waals surface area contributed by atoms with Crippen LogP contribution in [0.4, 0.5) is 0 Å². The molecule has 3 heteroatoms. The summed E-state index contributed by atoms with van der Waals surface area (Å²) in [6.07, 6.45) is -0.478. The van der Waals surface area contributed by atoms with Crippen LogP contribution >= 0.6 is 0 Å². The first-order valence-electron chi connectivity index (χ1n) is 5.82. The molecule has 0 fully saturated rings. The maximum atomic E-state index is 9.56. The van der Waals surface area contributed by atoms with Gasteiger partial charge in [-0.1, -0.05) is 6.07 Å². The molecule has 0 spiro atoms. The largest absolute Gasteiger partial charge is 0.496 e. The Morgan fingerprint density at radius 2 is 1.94 bits per heavy atom. The first-order valence-corrected chi connectivity index (χ1v) is 5.82. The van der Waals surface area contributed by atoms with Gasteiger partial charge in [-0.2, -0.15) is 0 Å². The quantitative estimate of drug-likeness (QED) is 0.876. The average molecular weight is 238 g/mol. The minimum Gasteiger partial charge on any atom is -0.496 e. The molecule has 17 heavy (non-hydrogen) atoms. The lowest BCUT2D eigenvalue weighted by Gasteiger charge is -2.21. The van der Waals surface area contributed by atoms with E-state index in [2.05, 4.69) is 0 Å². The third-order valence-corrected chi connectivity index (χ3v) is 2.45. The Bertz CT molecular complexity index is 364. The van der Waals surface area contributed by atoms with Gasteiger partial charge in [-0.3, -0.25) is 0 Å². The van der Waals surface area contributed by atoms with E-state index in [1.54, 1.807) is 14.0 Å². The number of hydrogen-bond acceptors (Lipinski definition) is 3. The molecule has 0 aromatic heterocycles. The maximum Gasteiger partial charge on any atom is 0.124 e. The van der Waals surface area contributed by atoms with E-state index < -0.39 is 6.10 Å². The molecular formula is C14H22O3. The van der Waals surface area contributed by atoms with E-state index in [1.165, 1.54) is 0 Å². The van der Waals surface area contributed by atoms with Gasteiger partial charge in [-0.15, -0.1) is 0 Å². The van der Waals surface area contributed by atoms with Gasteiger partial charge in [0.05, 0.1) is 25.4 Å². The lowest BCUT2D eigenvalue weighted by atomic mass is 10.1. The van der Waals surface area contributed by atoms with Crippen molar-refractivity contribution in [1.29, 1.82) is 0 Å². The number of ether oxygens (including phenoxy) is 2. The molecule has 1 unspecified atom stereocenters. The number of methoxy groups -OCH3 is 1. The van der Waals surface area contributed by atoms with Crippen molar-refractivity contribution in [3.63, 3.8) is 0 Å². The lowest BCUT2D eigenvalue weighted by Crippen LogP contribution is -2.19. The summed E-state index contributed by atoms with van der Waals surface area (Å²) in [5.41, 5.74) is 1.64. The number of hydrogen-bond donors (Lipinski definition) is 1. The van der Waals surface area contributed by atoms with E-state index >= 15 is 0 Å². The van der Waals surface area contributed by atoms with E-state index in [1.807, 2.05) is 39.0 Å². The summed E-state index contributed by atoms with van der Waals surface area (Å²) in [5.74, 6) is 0.790. The second kappa shape index (κ2) is 5.52. The summed E-state index contributed by atoms with van der Waals surface area (Å²) < 4.78 is 11.0. The molecule has 0 aliphatic heterocycles. The second-order valence-corrected chi connectivity index (χ2v) is 5.15. The van der Waals surface area contributed by atoms with Crippen LogP contribution in [0.3, 0.4) is 0 Å². The summed E-state index contributed by atoms with van der Waals surface area (Å²) in [6, 6.07) is 5.66. The normalized spacial score (nSPS) is 13.5. The lowest BCUT2D eigenvalue weighted by molar-refractivity contribution is -0.0157. The average Bonchev–Trinajstić information content (AvgIpc) is 2.24. The fourth-order valence-electron chi connectivity index (χ4n) is 1.47. The highest BCUT2D eigenvalue weighted by atomic mass is 16.5. The van der Waals surface area contributed by atoms with Crippen molar-refractivity contribution in [2.24, 2.45) is 0 Å². The van der Waals surface area contributed by atoms with Crippen LogP contribution in [0, 0.1) is 0 Å². The Kier molecular flexibility index (Phi) is 4.54. The molecule has 0 heterocycles. The van der Waals surface area contributed by atoms with Crippen molar-refractivity contribution >= 4 is 0 Å². The van der Waals surface area contributed by atoms with Crippen molar-refractivity contribution in [1.82, 2.24) is 0 Å². The summed E-state index contributed by atoms with van der Waals surface area (Å²) in [7, 11) is 1.64. The van der Waals surface area contributed by atoms with E-state index in [0.29, 0.717) is 6.61 Å². The van der Waals surface area contributed by atoms with Gasteiger partial charge in [0, 0.05) is 5.56 Å². The standard InChI is InChI=1S/C14H22O3/c1-10(15)11-6-7-13(16-5)12(8-11)9-17-14(2,3)4/h6-8,10,15H,9H2,1-5H3. The Morgan fingerprint density at radius 3 is 2.41 bits per heavy atom. The molecule has 0 radical (unpaired) electrons. The molecule has 0 saturated carbocycles. The van der Waals surface area contributed by atoms with Crippen molar-refractivity contribution < 1.29 is 14.6 Å². The third-order valence-electron chi connectivity index (χ3n) is 2.45. The van der Waals surface area contributed by atoms with Crippen LogP contribution in [0.5, 0.6) is 5.75 Å². The predicted octanol–water partition coefficient (Wildman–Crippen LogP) is 3.06. The molecule has 0 bridgehead atoms. The molecule has 0 aliphatic rings. The van der Waals surface area contributed by atoms with Crippen molar-refractivity contribution in [3.05, 3.63) is 29.3 Å². The first kappa shape index (κ1) is 14.0. The van der Waals surface area contributed by atoms with Gasteiger partial charge in [0.15, 0.2) is 0 Å². The van der Waals surface area contributed by atoms with Crippen LogP contribution < -0.4 is 4.74 Å².